The summed E-state index contributed by atoms with van der Waals surface area (Å²) in [5, 5.41) is 13.2. The SMILES string of the molecule is Cc1ccc(Oc2ccccc2NC(=O)COC(=O)c2ccc([N+](=O)[O-])o2)cc1. The van der Waals surface area contributed by atoms with E-state index >= 15 is 0 Å². The predicted octanol–water partition coefficient (Wildman–Crippen LogP) is 4.08. The zero-order valence-electron chi connectivity index (χ0n) is 15.3. The van der Waals surface area contributed by atoms with Crippen LogP contribution in [0.5, 0.6) is 11.5 Å². The summed E-state index contributed by atoms with van der Waals surface area (Å²) < 4.78 is 15.3. The maximum absolute atomic E-state index is 12.1. The van der Waals surface area contributed by atoms with Gasteiger partial charge in [0.1, 0.15) is 10.7 Å². The van der Waals surface area contributed by atoms with E-state index < -0.39 is 29.3 Å². The first-order valence-electron chi connectivity index (χ1n) is 8.47. The van der Waals surface area contributed by atoms with Crippen LogP contribution in [0.25, 0.3) is 0 Å². The first-order chi connectivity index (χ1) is 13.9. The Morgan fingerprint density at radius 3 is 2.48 bits per heavy atom. The van der Waals surface area contributed by atoms with Crippen molar-refractivity contribution in [1.29, 1.82) is 0 Å². The Morgan fingerprint density at radius 2 is 1.79 bits per heavy atom. The van der Waals surface area contributed by atoms with Crippen molar-refractivity contribution in [1.82, 2.24) is 0 Å². The summed E-state index contributed by atoms with van der Waals surface area (Å²) >= 11 is 0. The topological polar surface area (TPSA) is 121 Å². The van der Waals surface area contributed by atoms with E-state index in [4.69, 9.17) is 13.9 Å². The molecule has 0 aliphatic heterocycles. The lowest BCUT2D eigenvalue weighted by molar-refractivity contribution is -0.402. The average Bonchev–Trinajstić information content (AvgIpc) is 3.20. The Hall–Kier alpha value is -4.14. The number of aryl methyl sites for hydroxylation is 1. The molecule has 0 fully saturated rings. The highest BCUT2D eigenvalue weighted by Gasteiger charge is 2.19. The summed E-state index contributed by atoms with van der Waals surface area (Å²) in [5.41, 5.74) is 1.48. The molecule has 0 aliphatic carbocycles. The molecule has 3 aromatic rings. The Balaban J connectivity index is 1.59. The number of anilines is 1. The number of nitrogens with zero attached hydrogens (tertiary/aromatic N) is 1. The molecule has 9 nitrogen and oxygen atoms in total. The number of hydrogen-bond donors (Lipinski definition) is 1. The molecule has 0 spiro atoms. The van der Waals surface area contributed by atoms with Crippen molar-refractivity contribution in [2.75, 3.05) is 11.9 Å². The minimum atomic E-state index is -0.988. The zero-order valence-corrected chi connectivity index (χ0v) is 15.3. The molecule has 1 heterocycles. The first-order valence-corrected chi connectivity index (χ1v) is 8.47. The lowest BCUT2D eigenvalue weighted by atomic mass is 10.2. The third kappa shape index (κ3) is 5.19. The molecule has 0 saturated carbocycles. The van der Waals surface area contributed by atoms with E-state index in [2.05, 4.69) is 5.32 Å². The smallest absolute Gasteiger partial charge is 0.433 e. The van der Waals surface area contributed by atoms with Gasteiger partial charge < -0.3 is 19.2 Å². The number of amides is 1. The molecule has 0 bridgehead atoms. The molecule has 1 N–H and O–H groups in total. The minimum Gasteiger partial charge on any atom is -0.455 e. The highest BCUT2D eigenvalue weighted by molar-refractivity contribution is 5.95. The second kappa shape index (κ2) is 8.70. The van der Waals surface area contributed by atoms with Gasteiger partial charge in [-0.1, -0.05) is 29.8 Å². The maximum atomic E-state index is 12.1. The molecule has 29 heavy (non-hydrogen) atoms. The fraction of sp³-hybridized carbons (Fsp3) is 0.100. The molecule has 0 aliphatic rings. The molecule has 0 radical (unpaired) electrons. The van der Waals surface area contributed by atoms with Crippen LogP contribution < -0.4 is 10.1 Å². The number of rotatable bonds is 7. The monoisotopic (exact) mass is 396 g/mol. The number of ether oxygens (including phenoxy) is 2. The van der Waals surface area contributed by atoms with Gasteiger partial charge in [0.25, 0.3) is 5.91 Å². The van der Waals surface area contributed by atoms with Crippen molar-refractivity contribution in [3.63, 3.8) is 0 Å². The van der Waals surface area contributed by atoms with Gasteiger partial charge in [-0.05, 0) is 37.3 Å². The van der Waals surface area contributed by atoms with Gasteiger partial charge in [-0.3, -0.25) is 14.9 Å². The van der Waals surface area contributed by atoms with E-state index in [0.29, 0.717) is 17.2 Å². The van der Waals surface area contributed by atoms with Crippen LogP contribution in [0.4, 0.5) is 11.6 Å². The van der Waals surface area contributed by atoms with Crippen molar-refractivity contribution in [2.24, 2.45) is 0 Å². The summed E-state index contributed by atoms with van der Waals surface area (Å²) in [7, 11) is 0. The van der Waals surface area contributed by atoms with Crippen molar-refractivity contribution in [3.05, 3.63) is 82.1 Å². The molecule has 1 aromatic heterocycles. The van der Waals surface area contributed by atoms with Crippen molar-refractivity contribution < 1.29 is 28.4 Å². The van der Waals surface area contributed by atoms with E-state index in [1.807, 2.05) is 19.1 Å². The zero-order chi connectivity index (χ0) is 20.8. The van der Waals surface area contributed by atoms with Crippen LogP contribution in [-0.2, 0) is 9.53 Å². The number of hydrogen-bond acceptors (Lipinski definition) is 7. The average molecular weight is 396 g/mol. The second-order valence-corrected chi connectivity index (χ2v) is 5.93. The number of nitrogens with one attached hydrogen (secondary N) is 1. The Kier molecular flexibility index (Phi) is 5.88. The molecule has 148 valence electrons. The summed E-state index contributed by atoms with van der Waals surface area (Å²) in [6, 6.07) is 16.3. The van der Waals surface area contributed by atoms with Crippen LogP contribution in [0.3, 0.4) is 0 Å². The summed E-state index contributed by atoms with van der Waals surface area (Å²) in [6.07, 6.45) is 0. The second-order valence-electron chi connectivity index (χ2n) is 5.93. The number of nitro groups is 1. The van der Waals surface area contributed by atoms with E-state index in [-0.39, 0.29) is 5.76 Å². The maximum Gasteiger partial charge on any atom is 0.433 e. The highest BCUT2D eigenvalue weighted by atomic mass is 16.7. The Morgan fingerprint density at radius 1 is 1.07 bits per heavy atom. The van der Waals surface area contributed by atoms with E-state index in [1.165, 1.54) is 0 Å². The molecule has 3 rings (SSSR count). The van der Waals surface area contributed by atoms with Gasteiger partial charge in [-0.25, -0.2) is 4.79 Å². The molecule has 1 amide bonds. The van der Waals surface area contributed by atoms with E-state index in [1.54, 1.807) is 36.4 Å². The number of carbonyl (C=O) groups excluding carboxylic acids is 2. The molecular formula is C20H16N2O7. The van der Waals surface area contributed by atoms with Crippen molar-refractivity contribution in [3.8, 4) is 11.5 Å². The van der Waals surface area contributed by atoms with Crippen LogP contribution in [0.2, 0.25) is 0 Å². The van der Waals surface area contributed by atoms with Crippen LogP contribution in [0.1, 0.15) is 16.1 Å². The van der Waals surface area contributed by atoms with Crippen molar-refractivity contribution >= 4 is 23.4 Å². The quantitative estimate of drug-likeness (QED) is 0.363. The predicted molar refractivity (Wildman–Crippen MR) is 102 cm³/mol. The lowest BCUT2D eigenvalue weighted by Gasteiger charge is -2.12. The van der Waals surface area contributed by atoms with Crippen LogP contribution in [0, 0.1) is 17.0 Å². The largest absolute Gasteiger partial charge is 0.455 e. The number of furan rings is 1. The van der Waals surface area contributed by atoms with Crippen molar-refractivity contribution in [2.45, 2.75) is 6.92 Å². The van der Waals surface area contributed by atoms with Gasteiger partial charge in [0.2, 0.25) is 5.76 Å². The van der Waals surface area contributed by atoms with E-state index in [9.17, 15) is 19.7 Å². The molecule has 9 heteroatoms. The Bertz CT molecular complexity index is 1040. The lowest BCUT2D eigenvalue weighted by Crippen LogP contribution is -2.21. The van der Waals surface area contributed by atoms with Gasteiger partial charge in [0.15, 0.2) is 12.4 Å². The molecule has 0 atom stereocenters. The fourth-order valence-corrected chi connectivity index (χ4v) is 2.32. The number of esters is 1. The van der Waals surface area contributed by atoms with E-state index in [0.717, 1.165) is 17.7 Å². The van der Waals surface area contributed by atoms with Crippen LogP contribution in [-0.4, -0.2) is 23.4 Å². The van der Waals surface area contributed by atoms with Gasteiger partial charge in [-0.2, -0.15) is 0 Å². The number of benzene rings is 2. The summed E-state index contributed by atoms with van der Waals surface area (Å²) in [4.78, 5) is 33.7. The standard InChI is InChI=1S/C20H16N2O7/c1-13-6-8-14(9-7-13)28-16-5-3-2-4-15(16)21-18(23)12-27-20(24)17-10-11-19(29-17)22(25)26/h2-11H,12H2,1H3,(H,21,23). The molecular weight excluding hydrogens is 380 g/mol. The van der Waals surface area contributed by atoms with Crippen LogP contribution >= 0.6 is 0 Å². The molecule has 2 aromatic carbocycles. The first kappa shape index (κ1) is 19.6. The molecule has 0 unspecified atom stereocenters. The third-order valence-electron chi connectivity index (χ3n) is 3.72. The van der Waals surface area contributed by atoms with Crippen LogP contribution in [0.15, 0.2) is 65.1 Å². The number of carbonyl (C=O) groups is 2. The summed E-state index contributed by atoms with van der Waals surface area (Å²) in [6.45, 7) is 1.35. The van der Waals surface area contributed by atoms with Gasteiger partial charge >= 0.3 is 11.9 Å². The Labute approximate surface area is 165 Å². The fourth-order valence-electron chi connectivity index (χ4n) is 2.32. The number of para-hydroxylation sites is 2. The highest BCUT2D eigenvalue weighted by Crippen LogP contribution is 2.29. The summed E-state index contributed by atoms with van der Waals surface area (Å²) in [5.74, 6) is -1.55. The molecule has 0 saturated heterocycles. The van der Waals surface area contributed by atoms with Gasteiger partial charge in [-0.15, -0.1) is 0 Å². The third-order valence-corrected chi connectivity index (χ3v) is 3.72. The van der Waals surface area contributed by atoms with Gasteiger partial charge in [0.05, 0.1) is 11.8 Å². The normalized spacial score (nSPS) is 10.2. The van der Waals surface area contributed by atoms with Gasteiger partial charge in [0, 0.05) is 0 Å². The minimum absolute atomic E-state index is 0.368.